The molecule has 0 aliphatic carbocycles. The number of hydrogen-bond donors (Lipinski definition) is 2. The van der Waals surface area contributed by atoms with Crippen LogP contribution in [0.1, 0.15) is 33.8 Å². The van der Waals surface area contributed by atoms with Gasteiger partial charge in [-0.15, -0.1) is 11.3 Å². The van der Waals surface area contributed by atoms with Gasteiger partial charge in [-0.2, -0.15) is 0 Å². The zero-order valence-corrected chi connectivity index (χ0v) is 12.4. The number of rotatable bonds is 6. The summed E-state index contributed by atoms with van der Waals surface area (Å²) in [5.41, 5.74) is 0. The van der Waals surface area contributed by atoms with Crippen LogP contribution in [0, 0.1) is 0 Å². The summed E-state index contributed by atoms with van der Waals surface area (Å²) < 4.78 is 0. The van der Waals surface area contributed by atoms with Crippen LogP contribution in [0.2, 0.25) is 0 Å². The van der Waals surface area contributed by atoms with E-state index in [4.69, 9.17) is 0 Å². The average Bonchev–Trinajstić information content (AvgIpc) is 2.89. The normalized spacial score (nSPS) is 16.5. The van der Waals surface area contributed by atoms with Gasteiger partial charge in [-0.05, 0) is 45.1 Å². The highest BCUT2D eigenvalue weighted by Crippen LogP contribution is 2.16. The molecule has 1 aliphatic heterocycles. The summed E-state index contributed by atoms with van der Waals surface area (Å²) in [7, 11) is 1.91. The van der Waals surface area contributed by atoms with Gasteiger partial charge in [-0.25, -0.2) is 0 Å². The number of amides is 1. The summed E-state index contributed by atoms with van der Waals surface area (Å²) in [5, 5.41) is 6.11. The minimum Gasteiger partial charge on any atom is -0.350 e. The molecule has 19 heavy (non-hydrogen) atoms. The van der Waals surface area contributed by atoms with Crippen LogP contribution in [0.5, 0.6) is 0 Å². The lowest BCUT2D eigenvalue weighted by atomic mass is 10.1. The van der Waals surface area contributed by atoms with Crippen LogP contribution in [0.15, 0.2) is 12.1 Å². The van der Waals surface area contributed by atoms with Crippen LogP contribution in [-0.2, 0) is 6.54 Å². The third kappa shape index (κ3) is 4.60. The van der Waals surface area contributed by atoms with Gasteiger partial charge >= 0.3 is 0 Å². The first kappa shape index (κ1) is 14.5. The minimum atomic E-state index is 0.0596. The van der Waals surface area contributed by atoms with E-state index in [9.17, 15) is 4.79 Å². The van der Waals surface area contributed by atoms with Gasteiger partial charge in [0, 0.05) is 24.5 Å². The first-order valence-corrected chi connectivity index (χ1v) is 7.85. The van der Waals surface area contributed by atoms with E-state index in [1.54, 1.807) is 11.3 Å². The number of likely N-dealkylation sites (tertiary alicyclic amines) is 1. The van der Waals surface area contributed by atoms with Crippen molar-refractivity contribution in [1.29, 1.82) is 0 Å². The maximum Gasteiger partial charge on any atom is 0.261 e. The highest BCUT2D eigenvalue weighted by molar-refractivity contribution is 7.14. The van der Waals surface area contributed by atoms with Crippen LogP contribution < -0.4 is 10.6 Å². The van der Waals surface area contributed by atoms with Gasteiger partial charge in [-0.1, -0.05) is 6.42 Å². The van der Waals surface area contributed by atoms with E-state index in [1.165, 1.54) is 37.2 Å². The Hall–Kier alpha value is -0.910. The lowest BCUT2D eigenvalue weighted by Gasteiger charge is -2.26. The Balaban J connectivity index is 1.70. The molecular formula is C14H23N3OS. The molecule has 2 N–H and O–H groups in total. The maximum atomic E-state index is 12.0. The van der Waals surface area contributed by atoms with E-state index in [2.05, 4.69) is 15.5 Å². The zero-order chi connectivity index (χ0) is 13.5. The Bertz CT molecular complexity index is 399. The first-order chi connectivity index (χ1) is 9.29. The summed E-state index contributed by atoms with van der Waals surface area (Å²) in [6.45, 7) is 4.91. The van der Waals surface area contributed by atoms with Crippen molar-refractivity contribution >= 4 is 17.2 Å². The molecule has 1 aliphatic rings. The van der Waals surface area contributed by atoms with Gasteiger partial charge in [0.05, 0.1) is 4.88 Å². The second-order valence-electron chi connectivity index (χ2n) is 4.95. The van der Waals surface area contributed by atoms with Crippen LogP contribution in [0.25, 0.3) is 0 Å². The van der Waals surface area contributed by atoms with Crippen molar-refractivity contribution in [3.05, 3.63) is 21.9 Å². The molecule has 1 aromatic heterocycles. The molecule has 0 saturated carbocycles. The Kier molecular flexibility index (Phi) is 5.82. The monoisotopic (exact) mass is 281 g/mol. The van der Waals surface area contributed by atoms with Gasteiger partial charge in [0.25, 0.3) is 5.91 Å². The van der Waals surface area contributed by atoms with E-state index >= 15 is 0 Å². The molecule has 5 heteroatoms. The molecule has 0 atom stereocenters. The summed E-state index contributed by atoms with van der Waals surface area (Å²) in [6.07, 6.45) is 3.95. The Morgan fingerprint density at radius 3 is 2.84 bits per heavy atom. The number of carbonyl (C=O) groups excluding carboxylic acids is 1. The first-order valence-electron chi connectivity index (χ1n) is 7.03. The van der Waals surface area contributed by atoms with Crippen LogP contribution in [0.4, 0.5) is 0 Å². The number of thiophene rings is 1. The largest absolute Gasteiger partial charge is 0.350 e. The second kappa shape index (κ2) is 7.62. The van der Waals surface area contributed by atoms with Crippen LogP contribution in [0.3, 0.4) is 0 Å². The number of nitrogens with zero attached hydrogens (tertiary/aromatic N) is 1. The highest BCUT2D eigenvalue weighted by Gasteiger charge is 2.11. The van der Waals surface area contributed by atoms with Crippen molar-refractivity contribution in [1.82, 2.24) is 15.5 Å². The van der Waals surface area contributed by atoms with Gasteiger partial charge in [-0.3, -0.25) is 4.79 Å². The fraction of sp³-hybridized carbons (Fsp3) is 0.643. The van der Waals surface area contributed by atoms with Crippen molar-refractivity contribution in [2.24, 2.45) is 0 Å². The summed E-state index contributed by atoms with van der Waals surface area (Å²) in [6, 6.07) is 3.92. The van der Waals surface area contributed by atoms with E-state index in [0.29, 0.717) is 0 Å². The quantitative estimate of drug-likeness (QED) is 0.834. The molecule has 106 valence electrons. The molecule has 0 unspecified atom stereocenters. The fourth-order valence-corrected chi connectivity index (χ4v) is 3.30. The predicted molar refractivity (Wildman–Crippen MR) is 79.7 cm³/mol. The second-order valence-corrected chi connectivity index (χ2v) is 6.12. The van der Waals surface area contributed by atoms with Crippen molar-refractivity contribution in [3.63, 3.8) is 0 Å². The lowest BCUT2D eigenvalue weighted by Crippen LogP contribution is -2.37. The molecule has 1 saturated heterocycles. The average molecular weight is 281 g/mol. The maximum absolute atomic E-state index is 12.0. The third-order valence-electron chi connectivity index (χ3n) is 3.40. The van der Waals surface area contributed by atoms with Gasteiger partial charge in [0.1, 0.15) is 0 Å². The minimum absolute atomic E-state index is 0.0596. The van der Waals surface area contributed by atoms with Crippen LogP contribution in [-0.4, -0.2) is 44.0 Å². The number of nitrogens with one attached hydrogen (secondary N) is 2. The number of carbonyl (C=O) groups is 1. The summed E-state index contributed by atoms with van der Waals surface area (Å²) in [5.74, 6) is 0.0596. The van der Waals surface area contributed by atoms with Gasteiger partial charge < -0.3 is 15.5 Å². The Labute approximate surface area is 119 Å². The van der Waals surface area contributed by atoms with E-state index in [-0.39, 0.29) is 5.91 Å². The molecule has 0 aromatic carbocycles. The predicted octanol–water partition coefficient (Wildman–Crippen LogP) is 1.68. The molecular weight excluding hydrogens is 258 g/mol. The Morgan fingerprint density at radius 1 is 1.32 bits per heavy atom. The molecule has 1 amide bonds. The standard InChI is InChI=1S/C14H23N3OS/c1-15-11-12-5-6-13(19-12)14(18)16-7-10-17-8-3-2-4-9-17/h5-6,15H,2-4,7-11H2,1H3,(H,16,18). The van der Waals surface area contributed by atoms with E-state index in [0.717, 1.165) is 24.5 Å². The smallest absolute Gasteiger partial charge is 0.261 e. The molecule has 1 aromatic rings. The van der Waals surface area contributed by atoms with Gasteiger partial charge in [0.15, 0.2) is 0 Å². The lowest BCUT2D eigenvalue weighted by molar-refractivity contribution is 0.0950. The molecule has 2 heterocycles. The molecule has 0 radical (unpaired) electrons. The topological polar surface area (TPSA) is 44.4 Å². The van der Waals surface area contributed by atoms with Crippen molar-refractivity contribution < 1.29 is 4.79 Å². The van der Waals surface area contributed by atoms with Crippen LogP contribution >= 0.6 is 11.3 Å². The molecule has 4 nitrogen and oxygen atoms in total. The third-order valence-corrected chi connectivity index (χ3v) is 4.48. The summed E-state index contributed by atoms with van der Waals surface area (Å²) >= 11 is 1.56. The summed E-state index contributed by atoms with van der Waals surface area (Å²) in [4.78, 5) is 16.4. The van der Waals surface area contributed by atoms with E-state index < -0.39 is 0 Å². The number of hydrogen-bond acceptors (Lipinski definition) is 4. The van der Waals surface area contributed by atoms with Gasteiger partial charge in [0.2, 0.25) is 0 Å². The SMILES string of the molecule is CNCc1ccc(C(=O)NCCN2CCCCC2)s1. The fourth-order valence-electron chi connectivity index (χ4n) is 2.37. The molecule has 1 fully saturated rings. The van der Waals surface area contributed by atoms with Crippen molar-refractivity contribution in [2.75, 3.05) is 33.2 Å². The van der Waals surface area contributed by atoms with Crippen molar-refractivity contribution in [2.45, 2.75) is 25.8 Å². The highest BCUT2D eigenvalue weighted by atomic mass is 32.1. The number of piperidine rings is 1. The van der Waals surface area contributed by atoms with Crippen molar-refractivity contribution in [3.8, 4) is 0 Å². The molecule has 0 spiro atoms. The molecule has 0 bridgehead atoms. The zero-order valence-electron chi connectivity index (χ0n) is 11.6. The molecule has 2 rings (SSSR count). The Morgan fingerprint density at radius 2 is 2.11 bits per heavy atom. The van der Waals surface area contributed by atoms with E-state index in [1.807, 2.05) is 19.2 Å².